The highest BCUT2D eigenvalue weighted by molar-refractivity contribution is 7.74. The van der Waals surface area contributed by atoms with Crippen LogP contribution in [0, 0.1) is 6.92 Å². The topological polar surface area (TPSA) is 88.0 Å². The molecular weight excluding hydrogens is 298 g/mol. The van der Waals surface area contributed by atoms with Gasteiger partial charge in [-0.2, -0.15) is 4.98 Å². The van der Waals surface area contributed by atoms with Crippen LogP contribution in [0.25, 0.3) is 21.6 Å². The Morgan fingerprint density at radius 2 is 2.05 bits per heavy atom. The van der Waals surface area contributed by atoms with E-state index in [4.69, 9.17) is 4.18 Å². The minimum absolute atomic E-state index is 0.0493. The molecule has 8 heteroatoms. The highest BCUT2D eigenvalue weighted by atomic mass is 32.2. The first-order valence-corrected chi connectivity index (χ1v) is 7.47. The first-order chi connectivity index (χ1) is 9.65. The molecule has 20 heavy (non-hydrogen) atoms. The Bertz CT molecular complexity index is 789. The SMILES string of the molecule is Cc1csc2c(OS(=O)[O-])nc(-c3ccncc3)nc12. The van der Waals surface area contributed by atoms with Crippen molar-refractivity contribution in [1.82, 2.24) is 15.0 Å². The fourth-order valence-corrected chi connectivity index (χ4v) is 2.97. The predicted molar refractivity (Wildman–Crippen MR) is 74.9 cm³/mol. The lowest BCUT2D eigenvalue weighted by Gasteiger charge is -2.09. The van der Waals surface area contributed by atoms with Crippen LogP contribution in [-0.2, 0) is 11.4 Å². The maximum atomic E-state index is 10.8. The molecule has 0 bridgehead atoms. The van der Waals surface area contributed by atoms with Crippen LogP contribution in [0.3, 0.4) is 0 Å². The van der Waals surface area contributed by atoms with E-state index in [0.29, 0.717) is 16.0 Å². The van der Waals surface area contributed by atoms with Gasteiger partial charge in [0, 0.05) is 18.0 Å². The van der Waals surface area contributed by atoms with Crippen LogP contribution in [0.15, 0.2) is 29.9 Å². The molecule has 3 heterocycles. The summed E-state index contributed by atoms with van der Waals surface area (Å²) in [5.74, 6) is 0.454. The summed E-state index contributed by atoms with van der Waals surface area (Å²) in [6, 6.07) is 3.50. The third-order valence-electron chi connectivity index (χ3n) is 2.65. The smallest absolute Gasteiger partial charge is 0.251 e. The lowest BCUT2D eigenvalue weighted by atomic mass is 10.2. The quantitative estimate of drug-likeness (QED) is 0.689. The summed E-state index contributed by atoms with van der Waals surface area (Å²) >= 11 is -1.32. The van der Waals surface area contributed by atoms with E-state index in [0.717, 1.165) is 11.1 Å². The minimum Gasteiger partial charge on any atom is -0.740 e. The summed E-state index contributed by atoms with van der Waals surface area (Å²) in [5.41, 5.74) is 2.38. The van der Waals surface area contributed by atoms with Crippen molar-refractivity contribution in [3.05, 3.63) is 35.5 Å². The van der Waals surface area contributed by atoms with E-state index in [1.54, 1.807) is 24.5 Å². The van der Waals surface area contributed by atoms with Gasteiger partial charge in [-0.05, 0) is 30.0 Å². The molecule has 1 unspecified atom stereocenters. The second kappa shape index (κ2) is 5.23. The molecule has 0 saturated heterocycles. The third-order valence-corrected chi connectivity index (χ3v) is 4.02. The standard InChI is InChI=1S/C12H9N3O3S2/c1-7-6-19-10-9(7)14-11(8-2-4-13-5-3-8)15-12(10)18-20(16)17/h2-6H,1H3,(H,16,17)/p-1. The van der Waals surface area contributed by atoms with Crippen LogP contribution in [0.1, 0.15) is 5.56 Å². The van der Waals surface area contributed by atoms with Crippen molar-refractivity contribution in [2.75, 3.05) is 0 Å². The lowest BCUT2D eigenvalue weighted by Crippen LogP contribution is -2.02. The zero-order valence-electron chi connectivity index (χ0n) is 10.3. The van der Waals surface area contributed by atoms with E-state index in [-0.39, 0.29) is 5.88 Å². The van der Waals surface area contributed by atoms with E-state index in [9.17, 15) is 8.76 Å². The Morgan fingerprint density at radius 3 is 2.75 bits per heavy atom. The summed E-state index contributed by atoms with van der Waals surface area (Å²) in [6.07, 6.45) is 3.24. The second-order valence-corrected chi connectivity index (χ2v) is 5.43. The zero-order chi connectivity index (χ0) is 14.1. The number of hydrogen-bond donors (Lipinski definition) is 0. The predicted octanol–water partition coefficient (Wildman–Crippen LogP) is 2.23. The molecule has 102 valence electrons. The summed E-state index contributed by atoms with van der Waals surface area (Å²) in [4.78, 5) is 12.6. The fourth-order valence-electron chi connectivity index (χ4n) is 1.76. The lowest BCUT2D eigenvalue weighted by molar-refractivity contribution is 0.436. The monoisotopic (exact) mass is 306 g/mol. The fraction of sp³-hybridized carbons (Fsp3) is 0.0833. The van der Waals surface area contributed by atoms with E-state index >= 15 is 0 Å². The molecule has 0 N–H and O–H groups in total. The number of thiophene rings is 1. The van der Waals surface area contributed by atoms with Gasteiger partial charge in [-0.25, -0.2) is 9.19 Å². The maximum Gasteiger partial charge on any atom is 0.251 e. The maximum absolute atomic E-state index is 10.8. The van der Waals surface area contributed by atoms with Gasteiger partial charge in [0.05, 0.1) is 5.52 Å². The summed E-state index contributed by atoms with van der Waals surface area (Å²) in [7, 11) is 0. The molecule has 0 aliphatic rings. The van der Waals surface area contributed by atoms with E-state index in [1.165, 1.54) is 11.3 Å². The van der Waals surface area contributed by atoms with E-state index < -0.39 is 11.4 Å². The second-order valence-electron chi connectivity index (χ2n) is 3.97. The Kier molecular flexibility index (Phi) is 3.43. The molecular formula is C12H8N3O3S2-. The molecule has 0 aliphatic heterocycles. The van der Waals surface area contributed by atoms with E-state index in [1.807, 2.05) is 12.3 Å². The molecule has 0 amide bonds. The van der Waals surface area contributed by atoms with Crippen molar-refractivity contribution >= 4 is 32.9 Å². The highest BCUT2D eigenvalue weighted by Crippen LogP contribution is 2.33. The molecule has 6 nitrogen and oxygen atoms in total. The Balaban J connectivity index is 2.24. The van der Waals surface area contributed by atoms with Crippen LogP contribution in [-0.4, -0.2) is 23.7 Å². The Labute approximate surface area is 121 Å². The largest absolute Gasteiger partial charge is 0.740 e. The van der Waals surface area contributed by atoms with Crippen LogP contribution in [0.4, 0.5) is 0 Å². The van der Waals surface area contributed by atoms with Gasteiger partial charge in [0.1, 0.15) is 16.1 Å². The van der Waals surface area contributed by atoms with E-state index in [2.05, 4.69) is 15.0 Å². The third kappa shape index (κ3) is 2.40. The number of aryl methyl sites for hydroxylation is 1. The molecule has 3 aromatic rings. The summed E-state index contributed by atoms with van der Waals surface area (Å²) in [5, 5.41) is 1.89. The molecule has 0 fully saturated rings. The van der Waals surface area contributed by atoms with Gasteiger partial charge in [-0.1, -0.05) is 0 Å². The van der Waals surface area contributed by atoms with Crippen molar-refractivity contribution in [2.45, 2.75) is 6.92 Å². The van der Waals surface area contributed by atoms with Gasteiger partial charge in [-0.3, -0.25) is 4.98 Å². The minimum atomic E-state index is -2.67. The number of hydrogen-bond acceptors (Lipinski definition) is 7. The molecule has 0 aromatic carbocycles. The number of fused-ring (bicyclic) bond motifs is 1. The Hall–Kier alpha value is -1.90. The average Bonchev–Trinajstić information content (AvgIpc) is 2.81. The van der Waals surface area contributed by atoms with Gasteiger partial charge in [-0.15, -0.1) is 11.3 Å². The van der Waals surface area contributed by atoms with Crippen LogP contribution >= 0.6 is 11.3 Å². The summed E-state index contributed by atoms with van der Waals surface area (Å²) in [6.45, 7) is 1.90. The number of aromatic nitrogens is 3. The number of nitrogens with zero attached hydrogens (tertiary/aromatic N) is 3. The Morgan fingerprint density at radius 1 is 1.30 bits per heavy atom. The van der Waals surface area contributed by atoms with Crippen molar-refractivity contribution in [2.24, 2.45) is 0 Å². The van der Waals surface area contributed by atoms with Crippen LogP contribution in [0.5, 0.6) is 5.88 Å². The number of rotatable bonds is 3. The van der Waals surface area contributed by atoms with Gasteiger partial charge in [0.15, 0.2) is 5.82 Å². The van der Waals surface area contributed by atoms with Crippen LogP contribution in [0.2, 0.25) is 0 Å². The average molecular weight is 306 g/mol. The summed E-state index contributed by atoms with van der Waals surface area (Å²) < 4.78 is 26.9. The molecule has 3 rings (SSSR count). The molecule has 0 radical (unpaired) electrons. The van der Waals surface area contributed by atoms with Gasteiger partial charge >= 0.3 is 0 Å². The number of pyridine rings is 1. The normalized spacial score (nSPS) is 12.5. The van der Waals surface area contributed by atoms with Crippen molar-refractivity contribution in [3.8, 4) is 17.3 Å². The molecule has 1 atom stereocenters. The van der Waals surface area contributed by atoms with Crippen molar-refractivity contribution < 1.29 is 12.9 Å². The molecule has 0 saturated carbocycles. The van der Waals surface area contributed by atoms with Crippen molar-refractivity contribution in [3.63, 3.8) is 0 Å². The van der Waals surface area contributed by atoms with Crippen LogP contribution < -0.4 is 4.18 Å². The highest BCUT2D eigenvalue weighted by Gasteiger charge is 2.14. The van der Waals surface area contributed by atoms with Gasteiger partial charge < -0.3 is 8.74 Å². The van der Waals surface area contributed by atoms with Gasteiger partial charge in [0.2, 0.25) is 0 Å². The first kappa shape index (κ1) is 13.1. The first-order valence-electron chi connectivity index (χ1n) is 5.59. The molecule has 0 aliphatic carbocycles. The van der Waals surface area contributed by atoms with Gasteiger partial charge in [0.25, 0.3) is 5.88 Å². The van der Waals surface area contributed by atoms with Crippen molar-refractivity contribution in [1.29, 1.82) is 0 Å². The molecule has 3 aromatic heterocycles. The zero-order valence-corrected chi connectivity index (χ0v) is 11.9. The molecule has 0 spiro atoms.